The molecule has 1 aromatic heterocycles. The van der Waals surface area contributed by atoms with Crippen LogP contribution in [0.25, 0.3) is 0 Å². The minimum atomic E-state index is 0.575. The zero-order valence-electron chi connectivity index (χ0n) is 9.20. The highest BCUT2D eigenvalue weighted by Crippen LogP contribution is 2.01. The van der Waals surface area contributed by atoms with Gasteiger partial charge < -0.3 is 10.1 Å². The summed E-state index contributed by atoms with van der Waals surface area (Å²) in [6.45, 7) is 5.72. The van der Waals surface area contributed by atoms with E-state index in [1.54, 1.807) is 0 Å². The van der Waals surface area contributed by atoms with Crippen molar-refractivity contribution in [1.82, 2.24) is 10.3 Å². The van der Waals surface area contributed by atoms with E-state index >= 15 is 0 Å². The number of aromatic nitrogens is 1. The van der Waals surface area contributed by atoms with Gasteiger partial charge in [-0.2, -0.15) is 0 Å². The lowest BCUT2D eigenvalue weighted by Gasteiger charge is -2.04. The summed E-state index contributed by atoms with van der Waals surface area (Å²) in [5.41, 5.74) is 2.02. The molecule has 0 aliphatic heterocycles. The van der Waals surface area contributed by atoms with E-state index in [0.717, 1.165) is 24.4 Å². The highest BCUT2D eigenvalue weighted by molar-refractivity contribution is 5.10. The van der Waals surface area contributed by atoms with Crippen molar-refractivity contribution in [3.8, 4) is 0 Å². The number of nitrogens with zero attached hydrogens (tertiary/aromatic N) is 1. The number of ether oxygens (including phenoxy) is 1. The fourth-order valence-electron chi connectivity index (χ4n) is 1.23. The Balaban J connectivity index is 2.39. The first-order chi connectivity index (χ1) is 7.36. The molecule has 15 heavy (non-hydrogen) atoms. The third kappa shape index (κ3) is 4.72. The maximum absolute atomic E-state index is 5.44. The van der Waals surface area contributed by atoms with Gasteiger partial charge in [-0.3, -0.25) is 4.98 Å². The summed E-state index contributed by atoms with van der Waals surface area (Å²) in [4.78, 5) is 4.45. The first kappa shape index (κ1) is 11.9. The summed E-state index contributed by atoms with van der Waals surface area (Å²) < 4.78 is 5.44. The summed E-state index contributed by atoms with van der Waals surface area (Å²) in [6.07, 6.45) is 2.74. The molecule has 0 bridgehead atoms. The largest absolute Gasteiger partial charge is 0.375 e. The second-order valence-electron chi connectivity index (χ2n) is 3.28. The highest BCUT2D eigenvalue weighted by atomic mass is 16.5. The van der Waals surface area contributed by atoms with Crippen molar-refractivity contribution >= 4 is 0 Å². The van der Waals surface area contributed by atoms with Crippen LogP contribution in [0.4, 0.5) is 0 Å². The number of pyridine rings is 1. The lowest BCUT2D eigenvalue weighted by molar-refractivity contribution is 0.122. The first-order valence-corrected chi connectivity index (χ1v) is 5.15. The standard InChI is InChI=1S/C12H18N2O/c1-3-4-8-15-10-12-7-5-6-11(14-12)9-13-2/h3,5-7,13H,1,4,8-10H2,2H3. The molecule has 1 rings (SSSR count). The van der Waals surface area contributed by atoms with Gasteiger partial charge in [0.15, 0.2) is 0 Å². The molecule has 0 atom stereocenters. The molecular formula is C12H18N2O. The maximum atomic E-state index is 5.44. The van der Waals surface area contributed by atoms with Gasteiger partial charge in [0, 0.05) is 6.54 Å². The Morgan fingerprint density at radius 2 is 2.27 bits per heavy atom. The Bertz CT molecular complexity index is 299. The number of hydrogen-bond acceptors (Lipinski definition) is 3. The fourth-order valence-corrected chi connectivity index (χ4v) is 1.23. The summed E-state index contributed by atoms with van der Waals surface area (Å²) in [5.74, 6) is 0. The predicted molar refractivity (Wildman–Crippen MR) is 61.5 cm³/mol. The zero-order valence-corrected chi connectivity index (χ0v) is 9.20. The topological polar surface area (TPSA) is 34.1 Å². The van der Waals surface area contributed by atoms with Gasteiger partial charge in [-0.15, -0.1) is 6.58 Å². The van der Waals surface area contributed by atoms with Crippen LogP contribution in [0.5, 0.6) is 0 Å². The lowest BCUT2D eigenvalue weighted by atomic mass is 10.3. The van der Waals surface area contributed by atoms with E-state index in [2.05, 4.69) is 16.9 Å². The van der Waals surface area contributed by atoms with Crippen molar-refractivity contribution in [1.29, 1.82) is 0 Å². The summed E-state index contributed by atoms with van der Waals surface area (Å²) in [6, 6.07) is 5.99. The van der Waals surface area contributed by atoms with Crippen molar-refractivity contribution in [3.05, 3.63) is 42.2 Å². The summed E-state index contributed by atoms with van der Waals surface area (Å²) in [7, 11) is 1.91. The van der Waals surface area contributed by atoms with Gasteiger partial charge in [0.05, 0.1) is 24.6 Å². The van der Waals surface area contributed by atoms with Crippen LogP contribution in [0.15, 0.2) is 30.9 Å². The Kier molecular flexibility index (Phi) is 5.66. The zero-order chi connectivity index (χ0) is 10.9. The summed E-state index contributed by atoms with van der Waals surface area (Å²) in [5, 5.41) is 3.07. The van der Waals surface area contributed by atoms with E-state index in [4.69, 9.17) is 4.74 Å². The van der Waals surface area contributed by atoms with Crippen LogP contribution in [0.2, 0.25) is 0 Å². The quantitative estimate of drug-likeness (QED) is 0.546. The van der Waals surface area contributed by atoms with Crippen LogP contribution < -0.4 is 5.32 Å². The van der Waals surface area contributed by atoms with E-state index in [1.165, 1.54) is 0 Å². The SMILES string of the molecule is C=CCCOCc1cccc(CNC)n1. The number of nitrogens with one attached hydrogen (secondary N) is 1. The molecule has 0 radical (unpaired) electrons. The van der Waals surface area contributed by atoms with Crippen LogP contribution in [0.3, 0.4) is 0 Å². The summed E-state index contributed by atoms with van der Waals surface area (Å²) >= 11 is 0. The molecule has 82 valence electrons. The van der Waals surface area contributed by atoms with E-state index in [9.17, 15) is 0 Å². The highest BCUT2D eigenvalue weighted by Gasteiger charge is 1.96. The number of rotatable bonds is 7. The van der Waals surface area contributed by atoms with Crippen molar-refractivity contribution in [2.75, 3.05) is 13.7 Å². The van der Waals surface area contributed by atoms with Gasteiger partial charge in [0.25, 0.3) is 0 Å². The van der Waals surface area contributed by atoms with Gasteiger partial charge in [0.1, 0.15) is 0 Å². The molecule has 0 saturated heterocycles. The molecular weight excluding hydrogens is 188 g/mol. The molecule has 3 nitrogen and oxygen atoms in total. The van der Waals surface area contributed by atoms with Crippen molar-refractivity contribution in [2.45, 2.75) is 19.6 Å². The molecule has 0 unspecified atom stereocenters. The first-order valence-electron chi connectivity index (χ1n) is 5.15. The Hall–Kier alpha value is -1.19. The Morgan fingerprint density at radius 3 is 3.00 bits per heavy atom. The average molecular weight is 206 g/mol. The molecule has 0 aliphatic rings. The smallest absolute Gasteiger partial charge is 0.0888 e. The third-order valence-corrected chi connectivity index (χ3v) is 1.94. The minimum Gasteiger partial charge on any atom is -0.375 e. The van der Waals surface area contributed by atoms with E-state index in [1.807, 2.05) is 31.3 Å². The fraction of sp³-hybridized carbons (Fsp3) is 0.417. The number of hydrogen-bond donors (Lipinski definition) is 1. The van der Waals surface area contributed by atoms with Gasteiger partial charge in [-0.1, -0.05) is 12.1 Å². The second-order valence-corrected chi connectivity index (χ2v) is 3.28. The molecule has 0 saturated carbocycles. The molecule has 0 amide bonds. The molecule has 3 heteroatoms. The molecule has 1 heterocycles. The van der Waals surface area contributed by atoms with Crippen LogP contribution in [-0.2, 0) is 17.9 Å². The molecule has 0 spiro atoms. The van der Waals surface area contributed by atoms with E-state index in [-0.39, 0.29) is 0 Å². The lowest BCUT2D eigenvalue weighted by Crippen LogP contribution is -2.08. The molecule has 0 aliphatic carbocycles. The van der Waals surface area contributed by atoms with Gasteiger partial charge in [0.2, 0.25) is 0 Å². The van der Waals surface area contributed by atoms with Gasteiger partial charge in [-0.25, -0.2) is 0 Å². The predicted octanol–water partition coefficient (Wildman–Crippen LogP) is 1.89. The Labute approximate surface area is 91.2 Å². The minimum absolute atomic E-state index is 0.575. The molecule has 1 aromatic rings. The third-order valence-electron chi connectivity index (χ3n) is 1.94. The second kappa shape index (κ2) is 7.15. The normalized spacial score (nSPS) is 10.2. The molecule has 0 fully saturated rings. The Morgan fingerprint density at radius 1 is 1.47 bits per heavy atom. The molecule has 0 aromatic carbocycles. The van der Waals surface area contributed by atoms with Crippen LogP contribution in [-0.4, -0.2) is 18.6 Å². The average Bonchev–Trinajstić information content (AvgIpc) is 2.26. The van der Waals surface area contributed by atoms with Crippen molar-refractivity contribution in [3.63, 3.8) is 0 Å². The molecule has 1 N–H and O–H groups in total. The monoisotopic (exact) mass is 206 g/mol. The van der Waals surface area contributed by atoms with Crippen LogP contribution in [0, 0.1) is 0 Å². The van der Waals surface area contributed by atoms with Crippen molar-refractivity contribution < 1.29 is 4.74 Å². The van der Waals surface area contributed by atoms with Crippen LogP contribution >= 0.6 is 0 Å². The van der Waals surface area contributed by atoms with E-state index < -0.39 is 0 Å². The van der Waals surface area contributed by atoms with Crippen LogP contribution in [0.1, 0.15) is 17.8 Å². The van der Waals surface area contributed by atoms with Crippen molar-refractivity contribution in [2.24, 2.45) is 0 Å². The van der Waals surface area contributed by atoms with Gasteiger partial charge >= 0.3 is 0 Å². The maximum Gasteiger partial charge on any atom is 0.0888 e. The van der Waals surface area contributed by atoms with E-state index in [0.29, 0.717) is 13.2 Å². The van der Waals surface area contributed by atoms with Gasteiger partial charge in [-0.05, 0) is 25.6 Å².